The van der Waals surface area contributed by atoms with Crippen molar-refractivity contribution in [1.82, 2.24) is 4.90 Å². The quantitative estimate of drug-likeness (QED) is 0.884. The number of hydrogen-bond donors (Lipinski definition) is 1. The molecular weight excluding hydrogens is 276 g/mol. The first-order valence-electron chi connectivity index (χ1n) is 7.07. The second-order valence-corrected chi connectivity index (χ2v) is 5.20. The minimum atomic E-state index is -0.362. The third-order valence-corrected chi connectivity index (χ3v) is 3.64. The fourth-order valence-corrected chi connectivity index (χ4v) is 2.53. The van der Waals surface area contributed by atoms with E-state index in [-0.39, 0.29) is 17.4 Å². The lowest BCUT2D eigenvalue weighted by Crippen LogP contribution is -2.26. The first kappa shape index (κ1) is 14.1. The third-order valence-electron chi connectivity index (χ3n) is 3.64. The Morgan fingerprint density at radius 2 is 1.59 bits per heavy atom. The Morgan fingerprint density at radius 1 is 1.00 bits per heavy atom. The van der Waals surface area contributed by atoms with Gasteiger partial charge in [-0.05, 0) is 23.3 Å². The molecule has 0 aromatic heterocycles. The van der Waals surface area contributed by atoms with E-state index >= 15 is 0 Å². The molecular formula is C18H16N2O2. The van der Waals surface area contributed by atoms with Crippen molar-refractivity contribution in [3.8, 4) is 0 Å². The summed E-state index contributed by atoms with van der Waals surface area (Å²) in [7, 11) is 1.70. The zero-order valence-electron chi connectivity index (χ0n) is 12.2. The lowest BCUT2D eigenvalue weighted by atomic mass is 10.0. The molecule has 4 heteroatoms. The minimum absolute atomic E-state index is 0.220. The number of amides is 2. The fourth-order valence-electron chi connectivity index (χ4n) is 2.53. The molecule has 0 aliphatic carbocycles. The standard InChI is InChI=1S/C18H16N2O2/c1-20-12-15(13-8-4-2-5-9-13)16(18(20)22)17(21)19-14-10-6-3-7-11-14/h2-11H,12H2,1H3,(H,19,21). The Labute approximate surface area is 129 Å². The lowest BCUT2D eigenvalue weighted by molar-refractivity contribution is -0.126. The molecule has 3 rings (SSSR count). The van der Waals surface area contributed by atoms with Crippen LogP contribution in [-0.4, -0.2) is 30.3 Å². The smallest absolute Gasteiger partial charge is 0.261 e. The van der Waals surface area contributed by atoms with Crippen LogP contribution in [0.1, 0.15) is 5.56 Å². The number of para-hydroxylation sites is 1. The van der Waals surface area contributed by atoms with Crippen molar-refractivity contribution in [3.05, 3.63) is 71.8 Å². The van der Waals surface area contributed by atoms with Gasteiger partial charge in [-0.1, -0.05) is 48.5 Å². The molecule has 0 spiro atoms. The molecule has 0 radical (unpaired) electrons. The van der Waals surface area contributed by atoms with Crippen LogP contribution >= 0.6 is 0 Å². The number of likely N-dealkylation sites (N-methyl/N-ethyl adjacent to an activating group) is 1. The van der Waals surface area contributed by atoms with Crippen molar-refractivity contribution in [2.75, 3.05) is 18.9 Å². The first-order chi connectivity index (χ1) is 10.7. The molecule has 2 amide bonds. The molecule has 0 saturated heterocycles. The predicted molar refractivity (Wildman–Crippen MR) is 86.1 cm³/mol. The summed E-state index contributed by atoms with van der Waals surface area (Å²) >= 11 is 0. The SMILES string of the molecule is CN1CC(c2ccccc2)=C(C(=O)Nc2ccccc2)C1=O. The van der Waals surface area contributed by atoms with Crippen molar-refractivity contribution in [2.45, 2.75) is 0 Å². The van der Waals surface area contributed by atoms with Crippen LogP contribution in [0.4, 0.5) is 5.69 Å². The molecule has 1 aliphatic rings. The van der Waals surface area contributed by atoms with Crippen LogP contribution in [0.3, 0.4) is 0 Å². The Morgan fingerprint density at radius 3 is 2.23 bits per heavy atom. The second kappa shape index (κ2) is 5.85. The largest absolute Gasteiger partial charge is 0.337 e. The Kier molecular flexibility index (Phi) is 3.74. The number of nitrogens with one attached hydrogen (secondary N) is 1. The molecule has 2 aromatic carbocycles. The predicted octanol–water partition coefficient (Wildman–Crippen LogP) is 2.55. The molecule has 2 aromatic rings. The Balaban J connectivity index is 1.97. The van der Waals surface area contributed by atoms with Gasteiger partial charge in [0.25, 0.3) is 11.8 Å². The average Bonchev–Trinajstić information content (AvgIpc) is 2.85. The van der Waals surface area contributed by atoms with E-state index in [9.17, 15) is 9.59 Å². The van der Waals surface area contributed by atoms with Crippen LogP contribution in [0, 0.1) is 0 Å². The maximum atomic E-state index is 12.5. The van der Waals surface area contributed by atoms with E-state index < -0.39 is 0 Å². The number of anilines is 1. The monoisotopic (exact) mass is 292 g/mol. The van der Waals surface area contributed by atoms with E-state index in [0.717, 1.165) is 11.1 Å². The molecule has 0 fully saturated rings. The van der Waals surface area contributed by atoms with Crippen molar-refractivity contribution in [2.24, 2.45) is 0 Å². The molecule has 22 heavy (non-hydrogen) atoms. The summed E-state index contributed by atoms with van der Waals surface area (Å²) in [5.41, 5.74) is 2.56. The van der Waals surface area contributed by atoms with E-state index in [0.29, 0.717) is 12.2 Å². The van der Waals surface area contributed by atoms with Crippen molar-refractivity contribution in [3.63, 3.8) is 0 Å². The molecule has 0 saturated carbocycles. The molecule has 0 atom stereocenters. The van der Waals surface area contributed by atoms with E-state index in [2.05, 4.69) is 5.32 Å². The van der Waals surface area contributed by atoms with Crippen LogP contribution in [0.15, 0.2) is 66.2 Å². The first-order valence-corrected chi connectivity index (χ1v) is 7.07. The van der Waals surface area contributed by atoms with Gasteiger partial charge >= 0.3 is 0 Å². The van der Waals surface area contributed by atoms with Gasteiger partial charge in [-0.3, -0.25) is 9.59 Å². The van der Waals surface area contributed by atoms with Crippen molar-refractivity contribution < 1.29 is 9.59 Å². The van der Waals surface area contributed by atoms with Crippen LogP contribution in [0.2, 0.25) is 0 Å². The maximum absolute atomic E-state index is 12.5. The average molecular weight is 292 g/mol. The topological polar surface area (TPSA) is 49.4 Å². The summed E-state index contributed by atoms with van der Waals surface area (Å²) in [6.07, 6.45) is 0. The zero-order chi connectivity index (χ0) is 15.5. The maximum Gasteiger partial charge on any atom is 0.261 e. The van der Waals surface area contributed by atoms with E-state index in [1.807, 2.05) is 48.5 Å². The molecule has 110 valence electrons. The van der Waals surface area contributed by atoms with Gasteiger partial charge in [0.05, 0.1) is 0 Å². The van der Waals surface area contributed by atoms with E-state index in [1.54, 1.807) is 24.1 Å². The summed E-state index contributed by atoms with van der Waals surface area (Å²) in [5.74, 6) is -0.605. The van der Waals surface area contributed by atoms with Crippen molar-refractivity contribution in [1.29, 1.82) is 0 Å². The number of hydrogen-bond acceptors (Lipinski definition) is 2. The highest BCUT2D eigenvalue weighted by atomic mass is 16.2. The second-order valence-electron chi connectivity index (χ2n) is 5.20. The molecule has 0 bridgehead atoms. The zero-order valence-corrected chi connectivity index (χ0v) is 12.2. The van der Waals surface area contributed by atoms with E-state index in [1.165, 1.54) is 0 Å². The molecule has 0 unspecified atom stereocenters. The molecule has 1 heterocycles. The molecule has 4 nitrogen and oxygen atoms in total. The molecule has 1 N–H and O–H groups in total. The number of nitrogens with zero attached hydrogens (tertiary/aromatic N) is 1. The van der Waals surface area contributed by atoms with Gasteiger partial charge < -0.3 is 10.2 Å². The highest BCUT2D eigenvalue weighted by Crippen LogP contribution is 2.27. The summed E-state index contributed by atoms with van der Waals surface area (Å²) in [4.78, 5) is 26.4. The summed E-state index contributed by atoms with van der Waals surface area (Å²) < 4.78 is 0. The van der Waals surface area contributed by atoms with Gasteiger partial charge in [0.15, 0.2) is 0 Å². The fraction of sp³-hybridized carbons (Fsp3) is 0.111. The Hall–Kier alpha value is -2.88. The number of carbonyl (C=O) groups is 2. The number of benzene rings is 2. The van der Waals surface area contributed by atoms with Crippen LogP contribution < -0.4 is 5.32 Å². The summed E-state index contributed by atoms with van der Waals surface area (Å²) in [5, 5.41) is 2.79. The van der Waals surface area contributed by atoms with Gasteiger partial charge in [0, 0.05) is 19.3 Å². The van der Waals surface area contributed by atoms with Crippen LogP contribution in [0.5, 0.6) is 0 Å². The van der Waals surface area contributed by atoms with Gasteiger partial charge in [-0.2, -0.15) is 0 Å². The summed E-state index contributed by atoms with van der Waals surface area (Å²) in [6, 6.07) is 18.7. The van der Waals surface area contributed by atoms with E-state index in [4.69, 9.17) is 0 Å². The molecule has 1 aliphatic heterocycles. The number of carbonyl (C=O) groups excluding carboxylic acids is 2. The van der Waals surface area contributed by atoms with Crippen molar-refractivity contribution >= 4 is 23.1 Å². The Bertz CT molecular complexity index is 736. The highest BCUT2D eigenvalue weighted by Gasteiger charge is 2.33. The summed E-state index contributed by atoms with van der Waals surface area (Å²) in [6.45, 7) is 0.445. The highest BCUT2D eigenvalue weighted by molar-refractivity contribution is 6.29. The van der Waals surface area contributed by atoms with Gasteiger partial charge in [0.2, 0.25) is 0 Å². The lowest BCUT2D eigenvalue weighted by Gasteiger charge is -2.08. The minimum Gasteiger partial charge on any atom is -0.337 e. The third kappa shape index (κ3) is 2.63. The van der Waals surface area contributed by atoms with Gasteiger partial charge in [-0.15, -0.1) is 0 Å². The van der Waals surface area contributed by atoms with Gasteiger partial charge in [-0.25, -0.2) is 0 Å². The number of rotatable bonds is 3. The van der Waals surface area contributed by atoms with Gasteiger partial charge in [0.1, 0.15) is 5.57 Å². The normalized spacial score (nSPS) is 14.4. The van der Waals surface area contributed by atoms with Crippen LogP contribution in [0.25, 0.3) is 5.57 Å². The van der Waals surface area contributed by atoms with Crippen LogP contribution in [-0.2, 0) is 9.59 Å².